The Balaban J connectivity index is 2.07. The molecule has 61 valence electrons. The lowest BCUT2D eigenvalue weighted by Gasteiger charge is -2.43. The average Bonchev–Trinajstić information content (AvgIpc) is 2.05. The van der Waals surface area contributed by atoms with Crippen LogP contribution in [0.5, 0.6) is 0 Å². The van der Waals surface area contributed by atoms with Crippen LogP contribution >= 0.6 is 0 Å². The molecule has 0 aliphatic carbocycles. The van der Waals surface area contributed by atoms with Crippen molar-refractivity contribution in [3.05, 3.63) is 0 Å². The van der Waals surface area contributed by atoms with Crippen molar-refractivity contribution in [2.24, 2.45) is 0 Å². The Hall–Kier alpha value is 0.0249. The molecule has 2 rings (SSSR count). The van der Waals surface area contributed by atoms with Gasteiger partial charge in [-0.2, -0.15) is 0 Å². The Labute approximate surface area is 69.7 Å². The highest BCUT2D eigenvalue weighted by Crippen LogP contribution is 2.42. The summed E-state index contributed by atoms with van der Waals surface area (Å²) < 4.78 is 5.59. The molecule has 0 atom stereocenters. The SMILES string of the molecule is COC12[B]C(CCC1)CCC2. The van der Waals surface area contributed by atoms with Crippen LogP contribution in [0.4, 0.5) is 0 Å². The van der Waals surface area contributed by atoms with E-state index in [1.165, 1.54) is 38.5 Å². The summed E-state index contributed by atoms with van der Waals surface area (Å²) in [7, 11) is 4.34. The second-order valence-electron chi connectivity index (χ2n) is 3.98. The van der Waals surface area contributed by atoms with E-state index in [4.69, 9.17) is 4.74 Å². The molecule has 0 saturated carbocycles. The number of ether oxygens (including phenoxy) is 1. The van der Waals surface area contributed by atoms with Gasteiger partial charge >= 0.3 is 0 Å². The fourth-order valence-electron chi connectivity index (χ4n) is 2.63. The van der Waals surface area contributed by atoms with Gasteiger partial charge in [-0.1, -0.05) is 31.5 Å². The van der Waals surface area contributed by atoms with Crippen molar-refractivity contribution in [2.75, 3.05) is 7.11 Å². The highest BCUT2D eigenvalue weighted by molar-refractivity contribution is 6.42. The third-order valence-corrected chi connectivity index (χ3v) is 3.30. The second-order valence-corrected chi connectivity index (χ2v) is 3.98. The predicted octanol–water partition coefficient (Wildman–Crippen LogP) is 2.19. The summed E-state index contributed by atoms with van der Waals surface area (Å²) in [6, 6.07) is 0. The predicted molar refractivity (Wildman–Crippen MR) is 46.9 cm³/mol. The zero-order chi connectivity index (χ0) is 7.73. The number of rotatable bonds is 1. The van der Waals surface area contributed by atoms with Gasteiger partial charge < -0.3 is 4.74 Å². The number of fused-ring (bicyclic) bond motifs is 2. The van der Waals surface area contributed by atoms with E-state index in [0.29, 0.717) is 0 Å². The van der Waals surface area contributed by atoms with E-state index in [2.05, 4.69) is 7.28 Å². The summed E-state index contributed by atoms with van der Waals surface area (Å²) in [6.07, 6.45) is 8.08. The largest absolute Gasteiger partial charge is 0.387 e. The third-order valence-electron chi connectivity index (χ3n) is 3.30. The number of hydrogen-bond acceptors (Lipinski definition) is 1. The molecule has 2 aliphatic rings. The lowest BCUT2D eigenvalue weighted by molar-refractivity contribution is 0.0251. The molecule has 1 nitrogen and oxygen atoms in total. The van der Waals surface area contributed by atoms with Gasteiger partial charge in [0.05, 0.1) is 0 Å². The summed E-state index contributed by atoms with van der Waals surface area (Å²) >= 11 is 0. The van der Waals surface area contributed by atoms with Crippen molar-refractivity contribution in [2.45, 2.75) is 49.8 Å². The van der Waals surface area contributed by atoms with Crippen molar-refractivity contribution in [1.82, 2.24) is 0 Å². The van der Waals surface area contributed by atoms with Crippen LogP contribution in [0, 0.1) is 0 Å². The van der Waals surface area contributed by atoms with Crippen LogP contribution in [-0.4, -0.2) is 19.9 Å². The Morgan fingerprint density at radius 2 is 1.91 bits per heavy atom. The molecular weight excluding hydrogens is 135 g/mol. The maximum atomic E-state index is 5.59. The standard InChI is InChI=1S/C9H16BO/c1-11-9-6-2-4-8(10-9)5-3-7-9/h8H,2-7H2,1H3. The van der Waals surface area contributed by atoms with Gasteiger partial charge in [0, 0.05) is 12.6 Å². The van der Waals surface area contributed by atoms with Crippen molar-refractivity contribution >= 4 is 7.28 Å². The van der Waals surface area contributed by atoms with Crippen molar-refractivity contribution < 1.29 is 4.74 Å². The minimum absolute atomic E-state index is 0.196. The van der Waals surface area contributed by atoms with Crippen molar-refractivity contribution in [1.29, 1.82) is 0 Å². The van der Waals surface area contributed by atoms with E-state index in [1.54, 1.807) is 0 Å². The van der Waals surface area contributed by atoms with Crippen LogP contribution in [0.2, 0.25) is 5.82 Å². The van der Waals surface area contributed by atoms with Crippen molar-refractivity contribution in [3.8, 4) is 0 Å². The maximum Gasteiger partial charge on any atom is 0.157 e. The summed E-state index contributed by atoms with van der Waals surface area (Å²) in [5, 5.41) is 0. The summed E-state index contributed by atoms with van der Waals surface area (Å²) in [5.74, 6) is 0.873. The fraction of sp³-hybridized carbons (Fsp3) is 1.00. The molecule has 2 aliphatic heterocycles. The van der Waals surface area contributed by atoms with Gasteiger partial charge in [0.25, 0.3) is 0 Å². The van der Waals surface area contributed by atoms with E-state index in [-0.39, 0.29) is 5.50 Å². The van der Waals surface area contributed by atoms with E-state index in [0.717, 1.165) is 5.82 Å². The van der Waals surface area contributed by atoms with Gasteiger partial charge in [0.2, 0.25) is 0 Å². The van der Waals surface area contributed by atoms with Crippen LogP contribution in [0.15, 0.2) is 0 Å². The first kappa shape index (κ1) is 7.66. The maximum absolute atomic E-state index is 5.59. The molecule has 0 aromatic heterocycles. The van der Waals surface area contributed by atoms with Gasteiger partial charge in [-0.05, 0) is 12.8 Å². The average molecular weight is 151 g/mol. The Bertz CT molecular complexity index is 136. The molecule has 0 aromatic carbocycles. The summed E-state index contributed by atoms with van der Waals surface area (Å²) in [6.45, 7) is 0. The first-order valence-corrected chi connectivity index (χ1v) is 4.76. The number of methoxy groups -OCH3 is 1. The second kappa shape index (κ2) is 2.82. The van der Waals surface area contributed by atoms with E-state index in [9.17, 15) is 0 Å². The molecule has 0 unspecified atom stereocenters. The van der Waals surface area contributed by atoms with Crippen LogP contribution in [0.25, 0.3) is 0 Å². The molecule has 2 heterocycles. The summed E-state index contributed by atoms with van der Waals surface area (Å²) in [5.41, 5.74) is 0.196. The smallest absolute Gasteiger partial charge is 0.157 e. The molecule has 0 N–H and O–H groups in total. The Kier molecular flexibility index (Phi) is 1.96. The molecule has 0 aromatic rings. The Morgan fingerprint density at radius 3 is 2.36 bits per heavy atom. The molecule has 1 radical (unpaired) electrons. The zero-order valence-corrected chi connectivity index (χ0v) is 7.31. The highest BCUT2D eigenvalue weighted by Gasteiger charge is 2.39. The number of hydrogen-bond donors (Lipinski definition) is 0. The van der Waals surface area contributed by atoms with Gasteiger partial charge in [0.1, 0.15) is 0 Å². The van der Waals surface area contributed by atoms with Crippen LogP contribution in [0.1, 0.15) is 38.5 Å². The van der Waals surface area contributed by atoms with Gasteiger partial charge in [0.15, 0.2) is 7.28 Å². The third kappa shape index (κ3) is 1.33. The molecule has 11 heavy (non-hydrogen) atoms. The van der Waals surface area contributed by atoms with Crippen LogP contribution in [-0.2, 0) is 4.74 Å². The fourth-order valence-corrected chi connectivity index (χ4v) is 2.63. The lowest BCUT2D eigenvalue weighted by atomic mass is 9.41. The van der Waals surface area contributed by atoms with Gasteiger partial charge in [-0.3, -0.25) is 0 Å². The lowest BCUT2D eigenvalue weighted by Crippen LogP contribution is -2.46. The first-order chi connectivity index (χ1) is 5.35. The minimum atomic E-state index is 0.196. The van der Waals surface area contributed by atoms with E-state index in [1.807, 2.05) is 7.11 Å². The molecule has 2 bridgehead atoms. The van der Waals surface area contributed by atoms with E-state index < -0.39 is 0 Å². The minimum Gasteiger partial charge on any atom is -0.387 e. The quantitative estimate of drug-likeness (QED) is 0.522. The molecular formula is C9H16BO. The molecule has 2 saturated heterocycles. The Morgan fingerprint density at radius 1 is 1.27 bits per heavy atom. The zero-order valence-electron chi connectivity index (χ0n) is 7.31. The molecule has 0 spiro atoms. The normalized spacial score (nSPS) is 43.2. The van der Waals surface area contributed by atoms with E-state index >= 15 is 0 Å². The molecule has 2 heteroatoms. The van der Waals surface area contributed by atoms with Crippen LogP contribution in [0.3, 0.4) is 0 Å². The van der Waals surface area contributed by atoms with Gasteiger partial charge in [-0.25, -0.2) is 0 Å². The summed E-state index contributed by atoms with van der Waals surface area (Å²) in [4.78, 5) is 0. The molecule has 2 fully saturated rings. The van der Waals surface area contributed by atoms with Crippen molar-refractivity contribution in [3.63, 3.8) is 0 Å². The molecule has 0 amide bonds. The monoisotopic (exact) mass is 151 g/mol. The van der Waals surface area contributed by atoms with Crippen LogP contribution < -0.4 is 0 Å². The first-order valence-electron chi connectivity index (χ1n) is 4.76. The van der Waals surface area contributed by atoms with Gasteiger partial charge in [-0.15, -0.1) is 0 Å². The highest BCUT2D eigenvalue weighted by atomic mass is 16.5. The topological polar surface area (TPSA) is 9.23 Å².